The molecule has 11 heteroatoms. The monoisotopic (exact) mass is 461 g/mol. The smallest absolute Gasteiger partial charge is 0.300 e. The maximum atomic E-state index is 10.6. The normalized spacial score (nSPS) is 23.0. The van der Waals surface area contributed by atoms with Crippen molar-refractivity contribution in [2.24, 2.45) is 0 Å². The van der Waals surface area contributed by atoms with Gasteiger partial charge in [0, 0.05) is 6.54 Å². The first-order valence-corrected chi connectivity index (χ1v) is 11.4. The summed E-state index contributed by atoms with van der Waals surface area (Å²) in [7, 11) is 1.45. The van der Waals surface area contributed by atoms with E-state index < -0.39 is 31.1 Å². The molecule has 10 nitrogen and oxygen atoms in total. The van der Waals surface area contributed by atoms with Crippen LogP contribution in [0.3, 0.4) is 0 Å². The number of fused-ring (bicyclic) bond motifs is 1. The Morgan fingerprint density at radius 2 is 1.94 bits per heavy atom. The van der Waals surface area contributed by atoms with Gasteiger partial charge in [-0.05, 0) is 17.7 Å². The summed E-state index contributed by atoms with van der Waals surface area (Å²) < 4.78 is 12.7. The number of aliphatic hydroxyl groups is 3. The quantitative estimate of drug-likeness (QED) is 0.272. The van der Waals surface area contributed by atoms with Crippen molar-refractivity contribution in [3.8, 4) is 6.01 Å². The molecule has 0 radical (unpaired) electrons. The second-order valence-electron chi connectivity index (χ2n) is 7.32. The van der Waals surface area contributed by atoms with Crippen LogP contribution >= 0.6 is 11.8 Å². The fraction of sp³-hybridized carbons (Fsp3) is 0.476. The predicted molar refractivity (Wildman–Crippen MR) is 120 cm³/mol. The van der Waals surface area contributed by atoms with Crippen LogP contribution < -0.4 is 10.1 Å². The van der Waals surface area contributed by atoms with Crippen LogP contribution in [0.1, 0.15) is 18.7 Å². The standard InChI is InChI=1S/C21H27N5O5S/c1-3-32-20-24-17(22-10-9-12-7-5-4-6-8-12)14-18(25-20)26(21(23-14)30-2)19-16(29)15(28)13(11-27)31-19/h4-8,13,15-16,19,27-29H,3,9-11H2,1-2H3,(H,22,24,25)/t13-,15-,16-,19-/m1/s1. The van der Waals surface area contributed by atoms with Crippen molar-refractivity contribution in [3.63, 3.8) is 0 Å². The molecule has 1 aliphatic heterocycles. The van der Waals surface area contributed by atoms with Crippen LogP contribution in [0.25, 0.3) is 11.2 Å². The molecule has 1 saturated heterocycles. The van der Waals surface area contributed by atoms with Crippen LogP contribution in [0.15, 0.2) is 35.5 Å². The summed E-state index contributed by atoms with van der Waals surface area (Å²) in [6.07, 6.45) is -3.68. The molecule has 0 bridgehead atoms. The molecule has 0 saturated carbocycles. The Balaban J connectivity index is 1.71. The maximum absolute atomic E-state index is 10.6. The van der Waals surface area contributed by atoms with Gasteiger partial charge in [0.25, 0.3) is 0 Å². The highest BCUT2D eigenvalue weighted by atomic mass is 32.2. The van der Waals surface area contributed by atoms with Crippen LogP contribution in [-0.4, -0.2) is 79.2 Å². The Bertz CT molecular complexity index is 1050. The number of ether oxygens (including phenoxy) is 2. The Labute approximate surface area is 189 Å². The molecule has 0 amide bonds. The van der Waals surface area contributed by atoms with Crippen LogP contribution in [0.5, 0.6) is 6.01 Å². The third-order valence-electron chi connectivity index (χ3n) is 5.26. The number of hydrogen-bond acceptors (Lipinski definition) is 10. The Morgan fingerprint density at radius 3 is 2.59 bits per heavy atom. The van der Waals surface area contributed by atoms with Gasteiger partial charge in [-0.2, -0.15) is 4.98 Å². The highest BCUT2D eigenvalue weighted by molar-refractivity contribution is 7.99. The van der Waals surface area contributed by atoms with E-state index >= 15 is 0 Å². The van der Waals surface area contributed by atoms with Crippen molar-refractivity contribution in [2.75, 3.05) is 31.3 Å². The van der Waals surface area contributed by atoms with Crippen molar-refractivity contribution < 1.29 is 24.8 Å². The molecular formula is C21H27N5O5S. The third kappa shape index (κ3) is 4.39. The van der Waals surface area contributed by atoms with Gasteiger partial charge < -0.3 is 30.1 Å². The lowest BCUT2D eigenvalue weighted by Gasteiger charge is -2.18. The van der Waals surface area contributed by atoms with E-state index in [0.717, 1.165) is 12.2 Å². The molecule has 4 rings (SSSR count). The van der Waals surface area contributed by atoms with E-state index in [0.29, 0.717) is 28.7 Å². The lowest BCUT2D eigenvalue weighted by Crippen LogP contribution is -2.33. The number of thioether (sulfide) groups is 1. The first kappa shape index (κ1) is 22.7. The number of anilines is 1. The second-order valence-corrected chi connectivity index (χ2v) is 8.55. The average molecular weight is 462 g/mol. The largest absolute Gasteiger partial charge is 0.468 e. The number of aromatic nitrogens is 4. The minimum absolute atomic E-state index is 0.161. The first-order chi connectivity index (χ1) is 15.6. The van der Waals surface area contributed by atoms with Crippen molar-refractivity contribution >= 4 is 28.7 Å². The summed E-state index contributed by atoms with van der Waals surface area (Å²) in [4.78, 5) is 13.8. The highest BCUT2D eigenvalue weighted by Gasteiger charge is 2.45. The summed E-state index contributed by atoms with van der Waals surface area (Å²) in [5.74, 6) is 1.32. The molecule has 1 aromatic carbocycles. The summed E-state index contributed by atoms with van der Waals surface area (Å²) in [6, 6.07) is 10.3. The van der Waals surface area contributed by atoms with Crippen molar-refractivity contribution in [3.05, 3.63) is 35.9 Å². The lowest BCUT2D eigenvalue weighted by atomic mass is 10.1. The van der Waals surface area contributed by atoms with Gasteiger partial charge in [0.05, 0.1) is 13.7 Å². The van der Waals surface area contributed by atoms with Crippen LogP contribution in [0.2, 0.25) is 0 Å². The van der Waals surface area contributed by atoms with Gasteiger partial charge in [0.1, 0.15) is 18.3 Å². The molecule has 32 heavy (non-hydrogen) atoms. The highest BCUT2D eigenvalue weighted by Crippen LogP contribution is 2.37. The van der Waals surface area contributed by atoms with Crippen LogP contribution in [0, 0.1) is 0 Å². The average Bonchev–Trinajstić information content (AvgIpc) is 3.31. The number of aliphatic hydroxyl groups excluding tert-OH is 3. The van der Waals surface area contributed by atoms with Crippen LogP contribution in [0.4, 0.5) is 5.82 Å². The fourth-order valence-corrected chi connectivity index (χ4v) is 4.25. The number of nitrogens with one attached hydrogen (secondary N) is 1. The Morgan fingerprint density at radius 1 is 1.16 bits per heavy atom. The molecule has 2 aromatic heterocycles. The van der Waals surface area contributed by atoms with Gasteiger partial charge in [0.15, 0.2) is 28.4 Å². The number of methoxy groups -OCH3 is 1. The van der Waals surface area contributed by atoms with Crippen molar-refractivity contribution in [1.82, 2.24) is 19.5 Å². The minimum atomic E-state index is -1.29. The molecule has 4 atom stereocenters. The van der Waals surface area contributed by atoms with Gasteiger partial charge in [-0.3, -0.25) is 0 Å². The van der Waals surface area contributed by atoms with Crippen molar-refractivity contribution in [2.45, 2.75) is 43.0 Å². The number of imidazole rings is 1. The van der Waals surface area contributed by atoms with E-state index in [-0.39, 0.29) is 6.01 Å². The molecule has 1 fully saturated rings. The number of benzene rings is 1. The molecule has 1 aliphatic rings. The lowest BCUT2D eigenvalue weighted by molar-refractivity contribution is -0.0537. The van der Waals surface area contributed by atoms with E-state index in [1.54, 1.807) is 0 Å². The third-order valence-corrected chi connectivity index (χ3v) is 5.99. The van der Waals surface area contributed by atoms with Gasteiger partial charge in [-0.25, -0.2) is 14.5 Å². The summed E-state index contributed by atoms with van der Waals surface area (Å²) in [5.41, 5.74) is 2.07. The van der Waals surface area contributed by atoms with Gasteiger partial charge in [0.2, 0.25) is 0 Å². The van der Waals surface area contributed by atoms with Crippen LogP contribution in [-0.2, 0) is 11.2 Å². The van der Waals surface area contributed by atoms with E-state index in [4.69, 9.17) is 9.47 Å². The molecule has 172 valence electrons. The van der Waals surface area contributed by atoms with E-state index in [1.165, 1.54) is 29.0 Å². The Kier molecular flexibility index (Phi) is 7.11. The molecule has 0 unspecified atom stereocenters. The van der Waals surface area contributed by atoms with Gasteiger partial charge in [-0.1, -0.05) is 49.0 Å². The van der Waals surface area contributed by atoms with Crippen molar-refractivity contribution in [1.29, 1.82) is 0 Å². The van der Waals surface area contributed by atoms with E-state index in [1.807, 2.05) is 25.1 Å². The number of rotatable bonds is 9. The zero-order chi connectivity index (χ0) is 22.7. The molecule has 0 spiro atoms. The summed E-state index contributed by atoms with van der Waals surface area (Å²) in [5, 5.41) is 34.1. The zero-order valence-corrected chi connectivity index (χ0v) is 18.7. The topological polar surface area (TPSA) is 135 Å². The minimum Gasteiger partial charge on any atom is -0.468 e. The van der Waals surface area contributed by atoms with Gasteiger partial charge >= 0.3 is 6.01 Å². The van der Waals surface area contributed by atoms with Gasteiger partial charge in [-0.15, -0.1) is 0 Å². The number of nitrogens with zero attached hydrogens (tertiary/aromatic N) is 4. The predicted octanol–water partition coefficient (Wildman–Crippen LogP) is 1.21. The maximum Gasteiger partial charge on any atom is 0.300 e. The SMILES string of the molecule is CCSc1nc(NCCc2ccccc2)c2nc(OC)n([C@@H]3O[C@H](CO)[C@@H](O)[C@H]3O)c2n1. The second kappa shape index (κ2) is 10.0. The molecule has 3 aromatic rings. The summed E-state index contributed by atoms with van der Waals surface area (Å²) >= 11 is 1.47. The van der Waals surface area contributed by atoms with E-state index in [2.05, 4.69) is 32.4 Å². The molecule has 4 N–H and O–H groups in total. The first-order valence-electron chi connectivity index (χ1n) is 10.4. The molecule has 0 aliphatic carbocycles. The fourth-order valence-electron chi connectivity index (χ4n) is 3.69. The molecular weight excluding hydrogens is 434 g/mol. The Hall–Kier alpha value is -2.44. The zero-order valence-electron chi connectivity index (χ0n) is 17.9. The molecule has 3 heterocycles. The number of hydrogen-bond donors (Lipinski definition) is 4. The van der Waals surface area contributed by atoms with E-state index in [9.17, 15) is 15.3 Å². The summed E-state index contributed by atoms with van der Waals surface area (Å²) in [6.45, 7) is 2.21.